The molecule has 0 aliphatic heterocycles. The molecule has 0 aromatic heterocycles. The average Bonchev–Trinajstić information content (AvgIpc) is 3.16. The summed E-state index contributed by atoms with van der Waals surface area (Å²) in [6.45, 7) is 3.73. The molecule has 104 valence electrons. The lowest BCUT2D eigenvalue weighted by Crippen LogP contribution is -2.42. The maximum Gasteiger partial charge on any atom is 0.0208 e. The Balaban J connectivity index is 1.34. The molecule has 6 aliphatic rings. The highest BCUT2D eigenvalue weighted by molar-refractivity contribution is 5.34. The lowest BCUT2D eigenvalue weighted by molar-refractivity contribution is 0.0652. The van der Waals surface area contributed by atoms with E-state index in [9.17, 15) is 0 Å². The molecule has 6 bridgehead atoms. The van der Waals surface area contributed by atoms with Gasteiger partial charge >= 0.3 is 0 Å². The Hall–Kier alpha value is -0.820. The quantitative estimate of drug-likeness (QED) is 0.884. The molecule has 6 aliphatic carbocycles. The maximum absolute atomic E-state index is 4.02. The topological polar surface area (TPSA) is 12.0 Å². The van der Waals surface area contributed by atoms with Crippen LogP contribution < -0.4 is 5.32 Å². The third kappa shape index (κ3) is 0.913. The van der Waals surface area contributed by atoms with Crippen molar-refractivity contribution < 1.29 is 0 Å². The lowest BCUT2D eigenvalue weighted by Gasteiger charge is -2.40. The van der Waals surface area contributed by atoms with E-state index in [1.165, 1.54) is 5.56 Å². The zero-order chi connectivity index (χ0) is 13.1. The number of hydrogen-bond donors (Lipinski definition) is 1. The van der Waals surface area contributed by atoms with Gasteiger partial charge in [-0.05, 0) is 65.2 Å². The van der Waals surface area contributed by atoms with Crippen LogP contribution in [-0.2, 0) is 6.54 Å². The first-order chi connectivity index (χ1) is 9.80. The Morgan fingerprint density at radius 3 is 2.70 bits per heavy atom. The van der Waals surface area contributed by atoms with Crippen molar-refractivity contribution in [3.63, 3.8) is 0 Å². The molecule has 0 radical (unpaired) electrons. The van der Waals surface area contributed by atoms with E-state index >= 15 is 0 Å². The normalized spacial score (nSPS) is 59.5. The lowest BCUT2D eigenvalue weighted by atomic mass is 9.64. The van der Waals surface area contributed by atoms with Gasteiger partial charge in [0.05, 0.1) is 0 Å². The summed E-state index contributed by atoms with van der Waals surface area (Å²) in [4.78, 5) is 0. The van der Waals surface area contributed by atoms with Crippen molar-refractivity contribution in [2.75, 3.05) is 0 Å². The van der Waals surface area contributed by atoms with Crippen molar-refractivity contribution in [2.24, 2.45) is 46.8 Å². The second-order valence-corrected chi connectivity index (χ2v) is 8.46. The number of rotatable bonds is 3. The smallest absolute Gasteiger partial charge is 0.0208 e. The minimum absolute atomic E-state index is 0.659. The Kier molecular flexibility index (Phi) is 1.72. The summed E-state index contributed by atoms with van der Waals surface area (Å²) in [7, 11) is 0. The third-order valence-electron chi connectivity index (χ3n) is 8.38. The van der Waals surface area contributed by atoms with Crippen molar-refractivity contribution >= 4 is 0 Å². The van der Waals surface area contributed by atoms with E-state index in [1.54, 1.807) is 12.8 Å². The fraction of sp³-hybridized carbons (Fsp3) is 0.684. The number of nitrogens with one attached hydrogen (secondary N) is 1. The Bertz CT molecular complexity index is 581. The summed E-state index contributed by atoms with van der Waals surface area (Å²) in [6, 6.07) is 11.8. The molecule has 7 rings (SSSR count). The molecule has 0 heterocycles. The first-order valence-electron chi connectivity index (χ1n) is 8.57. The molecule has 9 atom stereocenters. The van der Waals surface area contributed by atoms with Gasteiger partial charge in [-0.2, -0.15) is 0 Å². The van der Waals surface area contributed by atoms with E-state index in [-0.39, 0.29) is 0 Å². The first kappa shape index (κ1) is 10.8. The van der Waals surface area contributed by atoms with E-state index in [2.05, 4.69) is 42.6 Å². The Morgan fingerprint density at radius 1 is 1.05 bits per heavy atom. The molecule has 1 aromatic carbocycles. The van der Waals surface area contributed by atoms with Gasteiger partial charge in [0.2, 0.25) is 0 Å². The van der Waals surface area contributed by atoms with E-state index in [0.29, 0.717) is 5.41 Å². The summed E-state index contributed by atoms with van der Waals surface area (Å²) in [5, 5.41) is 4.02. The van der Waals surface area contributed by atoms with Crippen LogP contribution in [-0.4, -0.2) is 6.04 Å². The molecule has 1 nitrogen and oxygen atoms in total. The van der Waals surface area contributed by atoms with Crippen LogP contribution in [0.5, 0.6) is 0 Å². The average molecular weight is 265 g/mol. The summed E-state index contributed by atoms with van der Waals surface area (Å²) >= 11 is 0. The van der Waals surface area contributed by atoms with Gasteiger partial charge in [0.15, 0.2) is 0 Å². The van der Waals surface area contributed by atoms with Crippen LogP contribution >= 0.6 is 0 Å². The van der Waals surface area contributed by atoms with Crippen LogP contribution in [0, 0.1) is 46.8 Å². The fourth-order valence-corrected chi connectivity index (χ4v) is 8.31. The molecule has 1 N–H and O–H groups in total. The molecular formula is C19H23N. The molecule has 1 aromatic rings. The summed E-state index contributed by atoms with van der Waals surface area (Å²) < 4.78 is 0. The second kappa shape index (κ2) is 3.16. The van der Waals surface area contributed by atoms with Gasteiger partial charge < -0.3 is 5.32 Å². The van der Waals surface area contributed by atoms with Gasteiger partial charge in [-0.25, -0.2) is 0 Å². The van der Waals surface area contributed by atoms with Gasteiger partial charge in [0.25, 0.3) is 0 Å². The van der Waals surface area contributed by atoms with E-state index in [1.807, 2.05) is 0 Å². The number of hydrogen-bond acceptors (Lipinski definition) is 1. The van der Waals surface area contributed by atoms with E-state index < -0.39 is 0 Å². The molecular weight excluding hydrogens is 242 g/mol. The zero-order valence-corrected chi connectivity index (χ0v) is 12.1. The highest BCUT2D eigenvalue weighted by Gasteiger charge is 2.84. The predicted molar refractivity (Wildman–Crippen MR) is 78.8 cm³/mol. The largest absolute Gasteiger partial charge is 0.309 e. The summed E-state index contributed by atoms with van der Waals surface area (Å²) in [5.74, 6) is 7.74. The zero-order valence-electron chi connectivity index (χ0n) is 12.1. The summed E-state index contributed by atoms with van der Waals surface area (Å²) in [6.07, 6.45) is 3.19. The highest BCUT2D eigenvalue weighted by Crippen LogP contribution is 2.86. The molecule has 0 amide bonds. The van der Waals surface area contributed by atoms with Gasteiger partial charge in [0, 0.05) is 12.6 Å². The van der Waals surface area contributed by atoms with Crippen LogP contribution in [0.2, 0.25) is 0 Å². The van der Waals surface area contributed by atoms with Crippen molar-refractivity contribution in [2.45, 2.75) is 32.4 Å². The molecule has 6 saturated carbocycles. The van der Waals surface area contributed by atoms with Crippen LogP contribution in [0.15, 0.2) is 30.3 Å². The number of benzene rings is 1. The monoisotopic (exact) mass is 265 g/mol. The van der Waals surface area contributed by atoms with Crippen LogP contribution in [0.25, 0.3) is 0 Å². The Labute approximate surface area is 121 Å². The molecule has 20 heavy (non-hydrogen) atoms. The Morgan fingerprint density at radius 2 is 1.90 bits per heavy atom. The fourth-order valence-electron chi connectivity index (χ4n) is 8.31. The highest BCUT2D eigenvalue weighted by atomic mass is 15.0. The predicted octanol–water partition coefficient (Wildman–Crippen LogP) is 3.31. The van der Waals surface area contributed by atoms with Crippen molar-refractivity contribution in [1.82, 2.24) is 5.32 Å². The van der Waals surface area contributed by atoms with Crippen molar-refractivity contribution in [1.29, 1.82) is 0 Å². The summed E-state index contributed by atoms with van der Waals surface area (Å²) in [5.41, 5.74) is 2.11. The van der Waals surface area contributed by atoms with Crippen molar-refractivity contribution in [3.8, 4) is 0 Å². The van der Waals surface area contributed by atoms with Crippen molar-refractivity contribution in [3.05, 3.63) is 35.9 Å². The minimum Gasteiger partial charge on any atom is -0.309 e. The molecule has 6 fully saturated rings. The van der Waals surface area contributed by atoms with Gasteiger partial charge in [-0.15, -0.1) is 0 Å². The van der Waals surface area contributed by atoms with Crippen LogP contribution in [0.1, 0.15) is 25.3 Å². The van der Waals surface area contributed by atoms with E-state index in [0.717, 1.165) is 54.0 Å². The van der Waals surface area contributed by atoms with Gasteiger partial charge in [0.1, 0.15) is 0 Å². The second-order valence-electron chi connectivity index (χ2n) is 8.46. The minimum atomic E-state index is 0.659. The third-order valence-corrected chi connectivity index (χ3v) is 8.38. The molecule has 0 unspecified atom stereocenters. The van der Waals surface area contributed by atoms with Gasteiger partial charge in [-0.3, -0.25) is 0 Å². The van der Waals surface area contributed by atoms with Crippen LogP contribution in [0.4, 0.5) is 0 Å². The van der Waals surface area contributed by atoms with E-state index in [4.69, 9.17) is 0 Å². The first-order valence-corrected chi connectivity index (χ1v) is 8.57. The SMILES string of the molecule is C[C@]12[C@H]3[C@@H]4C[C@H]5[C@@H]3C[C@H]1[C@H]5[C@@H]4[C@@H]2NCc1ccccc1. The van der Waals surface area contributed by atoms with Gasteiger partial charge in [-0.1, -0.05) is 37.3 Å². The molecule has 0 saturated heterocycles. The standard InChI is InChI=1S/C19H23N/c1-19-14-8-12-11-7-13(17(12)19)16(15(11)14)18(19)20-9-10-5-3-2-4-6-10/h2-6,11-18,20H,7-9H2,1H3/t11-,12-,13+,14-,15-,16+,17+,18-,19+/m0/s1. The van der Waals surface area contributed by atoms with Crippen LogP contribution in [0.3, 0.4) is 0 Å². The molecule has 0 spiro atoms. The molecule has 1 heteroatoms. The maximum atomic E-state index is 4.02.